The van der Waals surface area contributed by atoms with Gasteiger partial charge in [-0.1, -0.05) is 35.9 Å². The van der Waals surface area contributed by atoms with Gasteiger partial charge in [-0.2, -0.15) is 0 Å². The summed E-state index contributed by atoms with van der Waals surface area (Å²) >= 11 is 8.85. The molecule has 8 aromatic rings. The summed E-state index contributed by atoms with van der Waals surface area (Å²) in [7, 11) is 0. The highest BCUT2D eigenvalue weighted by Crippen LogP contribution is 2.48. The van der Waals surface area contributed by atoms with Crippen LogP contribution in [-0.2, 0) is 0 Å². The number of ether oxygens (including phenoxy) is 2. The fourth-order valence-corrected chi connectivity index (χ4v) is 11.7. The van der Waals surface area contributed by atoms with Crippen molar-refractivity contribution in [1.29, 1.82) is 0 Å². The molecular weight excluding hydrogens is 891 g/mol. The van der Waals surface area contributed by atoms with Crippen molar-refractivity contribution >= 4 is 66.0 Å². The van der Waals surface area contributed by atoms with Gasteiger partial charge < -0.3 is 29.5 Å². The molecule has 0 saturated carbocycles. The van der Waals surface area contributed by atoms with Gasteiger partial charge in [-0.15, -0.1) is 22.7 Å². The SMILES string of the molecule is O=C(c1ccc(Cl)cc1)c1sc2cc(O)ccc2c1-c1ccc(OCCCN2CC(c3c(O)ccc4c(-c5ccc(OCCCN6CCC6)cc5)c(C(=O)c5ccc(F)cc5)sc34)C2)cc1. The van der Waals surface area contributed by atoms with Crippen LogP contribution in [0.4, 0.5) is 4.39 Å². The molecule has 2 aliphatic heterocycles. The molecule has 2 aromatic heterocycles. The molecule has 6 aromatic carbocycles. The largest absolute Gasteiger partial charge is 0.508 e. The Hall–Kier alpha value is -6.08. The van der Waals surface area contributed by atoms with Crippen LogP contribution in [0.5, 0.6) is 23.0 Å². The zero-order chi connectivity index (χ0) is 45.3. The number of carbonyl (C=O) groups excluding carboxylic acids is 2. The minimum atomic E-state index is -0.405. The van der Waals surface area contributed by atoms with Gasteiger partial charge in [0, 0.05) is 85.1 Å². The molecule has 66 heavy (non-hydrogen) atoms. The predicted octanol–water partition coefficient (Wildman–Crippen LogP) is 12.5. The Balaban J connectivity index is 0.805. The highest BCUT2D eigenvalue weighted by atomic mass is 35.5. The van der Waals surface area contributed by atoms with Crippen LogP contribution >= 0.6 is 34.3 Å². The topological polar surface area (TPSA) is 99.5 Å². The normalized spacial score (nSPS) is 14.3. The zero-order valence-corrected chi connectivity index (χ0v) is 38.4. The van der Waals surface area contributed by atoms with Crippen LogP contribution in [0.3, 0.4) is 0 Å². The van der Waals surface area contributed by atoms with Crippen LogP contribution in [0.1, 0.15) is 61.2 Å². The average molecular weight is 938 g/mol. The molecular formula is C54H46ClFN2O6S2. The number of fused-ring (bicyclic) bond motifs is 2. The quantitative estimate of drug-likeness (QED) is 0.0688. The van der Waals surface area contributed by atoms with E-state index in [1.807, 2.05) is 60.7 Å². The second-order valence-corrected chi connectivity index (χ2v) is 19.5. The molecule has 10 rings (SSSR count). The first-order valence-electron chi connectivity index (χ1n) is 22.2. The number of phenols is 2. The summed E-state index contributed by atoms with van der Waals surface area (Å²) < 4.78 is 27.9. The minimum Gasteiger partial charge on any atom is -0.508 e. The van der Waals surface area contributed by atoms with E-state index in [4.69, 9.17) is 21.1 Å². The number of thiophene rings is 2. The van der Waals surface area contributed by atoms with E-state index in [0.29, 0.717) is 39.1 Å². The number of benzene rings is 6. The van der Waals surface area contributed by atoms with Gasteiger partial charge in [0.15, 0.2) is 0 Å². The lowest BCUT2D eigenvalue weighted by Gasteiger charge is -2.40. The summed E-state index contributed by atoms with van der Waals surface area (Å²) in [5.41, 5.74) is 5.14. The molecule has 12 heteroatoms. The Labute approximate surface area is 395 Å². The molecule has 0 radical (unpaired) electrons. The van der Waals surface area contributed by atoms with E-state index in [2.05, 4.69) is 9.80 Å². The molecule has 2 N–H and O–H groups in total. The van der Waals surface area contributed by atoms with Crippen LogP contribution in [-0.4, -0.2) is 84.1 Å². The third kappa shape index (κ3) is 9.06. The fourth-order valence-electron chi connectivity index (χ4n) is 8.94. The molecule has 2 fully saturated rings. The highest BCUT2D eigenvalue weighted by molar-refractivity contribution is 7.22. The lowest BCUT2D eigenvalue weighted by atomic mass is 9.88. The van der Waals surface area contributed by atoms with Crippen molar-refractivity contribution in [3.05, 3.63) is 165 Å². The van der Waals surface area contributed by atoms with Crippen molar-refractivity contribution < 1.29 is 33.7 Å². The zero-order valence-electron chi connectivity index (χ0n) is 36.0. The van der Waals surface area contributed by atoms with E-state index in [-0.39, 0.29) is 29.0 Å². The predicted molar refractivity (Wildman–Crippen MR) is 263 cm³/mol. The standard InChI is InChI=1S/C54H46ClFN2O6S2/c55-38-12-4-35(5-13-38)50(61)53-47(43-21-16-40(59)30-46(43)65-53)33-8-17-41(18-9-33)64-29-3-27-58-31-37(32-58)49-45(60)23-22-44-48(54(66-52(44)49)51(62)36-6-14-39(56)15-7-36)34-10-19-42(20-11-34)63-28-2-26-57-24-1-25-57/h4-23,30,37,59-60H,1-3,24-29,31-32H2. The molecule has 0 spiro atoms. The third-order valence-electron chi connectivity index (χ3n) is 12.5. The molecule has 2 aliphatic rings. The third-order valence-corrected chi connectivity index (χ3v) is 15.2. The molecule has 0 unspecified atom stereocenters. The molecule has 0 bridgehead atoms. The van der Waals surface area contributed by atoms with E-state index >= 15 is 0 Å². The number of hydrogen-bond donors (Lipinski definition) is 2. The summed E-state index contributed by atoms with van der Waals surface area (Å²) in [6, 6.07) is 37.0. The average Bonchev–Trinajstić information content (AvgIpc) is 3.87. The van der Waals surface area contributed by atoms with Gasteiger partial charge in [-0.25, -0.2) is 4.39 Å². The summed E-state index contributed by atoms with van der Waals surface area (Å²) in [4.78, 5) is 33.8. The Kier molecular flexibility index (Phi) is 12.6. The summed E-state index contributed by atoms with van der Waals surface area (Å²) in [6.45, 7) is 6.83. The van der Waals surface area contributed by atoms with Gasteiger partial charge in [-0.3, -0.25) is 9.59 Å². The van der Waals surface area contributed by atoms with Crippen molar-refractivity contribution in [2.45, 2.75) is 25.2 Å². The summed E-state index contributed by atoms with van der Waals surface area (Å²) in [5.74, 6) is 1.21. The number of hydrogen-bond acceptors (Lipinski definition) is 10. The maximum atomic E-state index is 14.2. The van der Waals surface area contributed by atoms with Gasteiger partial charge in [0.25, 0.3) is 0 Å². The highest BCUT2D eigenvalue weighted by Gasteiger charge is 2.33. The van der Waals surface area contributed by atoms with Crippen molar-refractivity contribution in [1.82, 2.24) is 9.80 Å². The number of phenolic OH excluding ortho intramolecular Hbond substituents is 2. The maximum Gasteiger partial charge on any atom is 0.203 e. The lowest BCUT2D eigenvalue weighted by Crippen LogP contribution is -2.45. The molecule has 4 heterocycles. The number of carbonyl (C=O) groups is 2. The first-order chi connectivity index (χ1) is 32.2. The first-order valence-corrected chi connectivity index (χ1v) is 24.2. The molecule has 0 aliphatic carbocycles. The van der Waals surface area contributed by atoms with Gasteiger partial charge in [-0.05, 0) is 147 Å². The Morgan fingerprint density at radius 2 is 1.20 bits per heavy atom. The summed E-state index contributed by atoms with van der Waals surface area (Å²) in [6.07, 6.45) is 3.02. The first kappa shape index (κ1) is 43.8. The second kappa shape index (κ2) is 19.0. The van der Waals surface area contributed by atoms with Crippen LogP contribution < -0.4 is 9.47 Å². The van der Waals surface area contributed by atoms with E-state index in [0.717, 1.165) is 98.5 Å². The van der Waals surface area contributed by atoms with Crippen LogP contribution in [0.25, 0.3) is 42.4 Å². The Bertz CT molecular complexity index is 3050. The molecule has 0 amide bonds. The van der Waals surface area contributed by atoms with E-state index in [1.54, 1.807) is 42.5 Å². The van der Waals surface area contributed by atoms with Crippen molar-refractivity contribution in [2.75, 3.05) is 52.5 Å². The smallest absolute Gasteiger partial charge is 0.203 e. The minimum absolute atomic E-state index is 0.0723. The van der Waals surface area contributed by atoms with Gasteiger partial charge in [0.05, 0.1) is 23.0 Å². The summed E-state index contributed by atoms with van der Waals surface area (Å²) in [5, 5.41) is 23.9. The Morgan fingerprint density at radius 3 is 1.79 bits per heavy atom. The van der Waals surface area contributed by atoms with Gasteiger partial charge in [0.1, 0.15) is 28.8 Å². The van der Waals surface area contributed by atoms with Crippen LogP contribution in [0.15, 0.2) is 127 Å². The van der Waals surface area contributed by atoms with Crippen LogP contribution in [0.2, 0.25) is 5.02 Å². The number of rotatable bonds is 17. The Morgan fingerprint density at radius 1 is 0.652 bits per heavy atom. The monoisotopic (exact) mass is 936 g/mol. The number of ketones is 2. The second-order valence-electron chi connectivity index (χ2n) is 16.9. The fraction of sp³-hybridized carbons (Fsp3) is 0.222. The van der Waals surface area contributed by atoms with E-state index in [9.17, 15) is 24.2 Å². The molecule has 2 saturated heterocycles. The lowest BCUT2D eigenvalue weighted by molar-refractivity contribution is 0.103. The maximum absolute atomic E-state index is 14.2. The number of nitrogens with zero attached hydrogens (tertiary/aromatic N) is 2. The van der Waals surface area contributed by atoms with Crippen molar-refractivity contribution in [3.63, 3.8) is 0 Å². The van der Waals surface area contributed by atoms with Crippen molar-refractivity contribution in [2.24, 2.45) is 0 Å². The molecule has 334 valence electrons. The molecule has 8 nitrogen and oxygen atoms in total. The van der Waals surface area contributed by atoms with Gasteiger partial charge in [0.2, 0.25) is 11.6 Å². The number of halogens is 2. The number of likely N-dealkylation sites (tertiary alicyclic amines) is 2. The molecule has 0 atom stereocenters. The van der Waals surface area contributed by atoms with Crippen molar-refractivity contribution in [3.8, 4) is 45.3 Å². The van der Waals surface area contributed by atoms with Gasteiger partial charge >= 0.3 is 0 Å². The van der Waals surface area contributed by atoms with E-state index < -0.39 is 5.82 Å². The van der Waals surface area contributed by atoms with Crippen LogP contribution in [0, 0.1) is 5.82 Å². The van der Waals surface area contributed by atoms with E-state index in [1.165, 1.54) is 66.4 Å². The number of aromatic hydroxyl groups is 2.